The van der Waals surface area contributed by atoms with Crippen molar-refractivity contribution in [2.75, 3.05) is 19.6 Å². The summed E-state index contributed by atoms with van der Waals surface area (Å²) in [5.74, 6) is -0.768. The lowest BCUT2D eigenvalue weighted by atomic mass is 9.96. The minimum Gasteiger partial charge on any atom is -0.336 e. The Bertz CT molecular complexity index is 516. The monoisotopic (exact) mass is 280 g/mol. The lowest BCUT2D eigenvalue weighted by Gasteiger charge is -2.21. The smallest absolute Gasteiger partial charge is 0.325 e. The number of hydrogen-bond acceptors (Lipinski definition) is 4. The van der Waals surface area contributed by atoms with Gasteiger partial charge < -0.3 is 10.6 Å². The van der Waals surface area contributed by atoms with Crippen LogP contribution in [0.4, 0.5) is 9.59 Å². The predicted molar refractivity (Wildman–Crippen MR) is 66.5 cm³/mol. The Morgan fingerprint density at radius 1 is 1.30 bits per heavy atom. The molecule has 0 radical (unpaired) electrons. The Morgan fingerprint density at radius 3 is 2.55 bits per heavy atom. The molecule has 2 saturated heterocycles. The van der Waals surface area contributed by atoms with Crippen molar-refractivity contribution < 1.29 is 19.2 Å². The number of carbonyl (C=O) groups excluding carboxylic acids is 4. The van der Waals surface area contributed by atoms with E-state index in [9.17, 15) is 19.2 Å². The second-order valence-corrected chi connectivity index (χ2v) is 5.58. The van der Waals surface area contributed by atoms with E-state index >= 15 is 0 Å². The highest BCUT2D eigenvalue weighted by atomic mass is 16.2. The molecule has 0 spiro atoms. The van der Waals surface area contributed by atoms with Gasteiger partial charge in [-0.25, -0.2) is 9.59 Å². The average molecular weight is 280 g/mol. The molecule has 3 aliphatic rings. The Kier molecular flexibility index (Phi) is 2.70. The maximum atomic E-state index is 12.3. The van der Waals surface area contributed by atoms with Crippen molar-refractivity contribution in [1.82, 2.24) is 20.4 Å². The van der Waals surface area contributed by atoms with Crippen LogP contribution >= 0.6 is 0 Å². The van der Waals surface area contributed by atoms with E-state index in [1.807, 2.05) is 0 Å². The van der Waals surface area contributed by atoms with Crippen molar-refractivity contribution >= 4 is 23.9 Å². The topological polar surface area (TPSA) is 98.8 Å². The predicted octanol–water partition coefficient (Wildman–Crippen LogP) is -0.741. The standard InChI is InChI=1S/C12H16N4O4/c1-12(7-2-3-7)9(18)16(11(20)14-12)6-8(17)15-5-4-13-10(15)19/h7H,2-6H2,1H3,(H,13,19)(H,14,20). The second kappa shape index (κ2) is 4.19. The summed E-state index contributed by atoms with van der Waals surface area (Å²) in [6.45, 7) is 1.96. The first-order valence-corrected chi connectivity index (χ1v) is 6.66. The molecule has 0 aromatic rings. The van der Waals surface area contributed by atoms with Crippen LogP contribution in [-0.2, 0) is 9.59 Å². The molecule has 1 aliphatic carbocycles. The van der Waals surface area contributed by atoms with Crippen molar-refractivity contribution in [1.29, 1.82) is 0 Å². The third-order valence-electron chi connectivity index (χ3n) is 4.15. The van der Waals surface area contributed by atoms with Gasteiger partial charge in [0, 0.05) is 13.1 Å². The highest BCUT2D eigenvalue weighted by molar-refractivity contribution is 6.10. The Hall–Kier alpha value is -2.12. The van der Waals surface area contributed by atoms with Gasteiger partial charge in [0.1, 0.15) is 12.1 Å². The molecular weight excluding hydrogens is 264 g/mol. The molecule has 0 aromatic heterocycles. The number of nitrogens with one attached hydrogen (secondary N) is 2. The van der Waals surface area contributed by atoms with Crippen LogP contribution in [0, 0.1) is 5.92 Å². The highest BCUT2D eigenvalue weighted by Gasteiger charge is 2.56. The zero-order valence-electron chi connectivity index (χ0n) is 11.1. The van der Waals surface area contributed by atoms with Crippen molar-refractivity contribution in [2.24, 2.45) is 5.92 Å². The van der Waals surface area contributed by atoms with Crippen LogP contribution in [0.15, 0.2) is 0 Å². The molecular formula is C12H16N4O4. The quantitative estimate of drug-likeness (QED) is 0.665. The van der Waals surface area contributed by atoms with Gasteiger partial charge in [0.05, 0.1) is 0 Å². The van der Waals surface area contributed by atoms with Crippen LogP contribution < -0.4 is 10.6 Å². The number of rotatable bonds is 3. The third-order valence-corrected chi connectivity index (χ3v) is 4.15. The van der Waals surface area contributed by atoms with Crippen LogP contribution in [0.25, 0.3) is 0 Å². The summed E-state index contributed by atoms with van der Waals surface area (Å²) in [5.41, 5.74) is -0.898. The number of nitrogens with zero attached hydrogens (tertiary/aromatic N) is 2. The molecule has 20 heavy (non-hydrogen) atoms. The molecule has 6 amide bonds. The largest absolute Gasteiger partial charge is 0.336 e. The normalized spacial score (nSPS) is 29.8. The van der Waals surface area contributed by atoms with Crippen LogP contribution in [0.1, 0.15) is 19.8 Å². The summed E-state index contributed by atoms with van der Waals surface area (Å²) in [7, 11) is 0. The van der Waals surface area contributed by atoms with Crippen LogP contribution in [0.5, 0.6) is 0 Å². The molecule has 1 atom stereocenters. The fraction of sp³-hybridized carbons (Fsp3) is 0.667. The summed E-state index contributed by atoms with van der Waals surface area (Å²) in [4.78, 5) is 49.5. The molecule has 3 rings (SSSR count). The zero-order chi connectivity index (χ0) is 14.5. The second-order valence-electron chi connectivity index (χ2n) is 5.58. The molecule has 108 valence electrons. The van der Waals surface area contributed by atoms with Gasteiger partial charge in [0.2, 0.25) is 0 Å². The van der Waals surface area contributed by atoms with Gasteiger partial charge in [-0.15, -0.1) is 0 Å². The van der Waals surface area contributed by atoms with Crippen molar-refractivity contribution in [3.63, 3.8) is 0 Å². The van der Waals surface area contributed by atoms with Gasteiger partial charge in [-0.05, 0) is 25.7 Å². The zero-order valence-corrected chi connectivity index (χ0v) is 11.1. The van der Waals surface area contributed by atoms with Gasteiger partial charge in [-0.1, -0.05) is 0 Å². The number of carbonyl (C=O) groups is 4. The number of imide groups is 2. The minimum absolute atomic E-state index is 0.147. The fourth-order valence-corrected chi connectivity index (χ4v) is 2.73. The summed E-state index contributed by atoms with van der Waals surface area (Å²) in [6, 6.07) is -1.04. The SMILES string of the molecule is CC1(C2CC2)NC(=O)N(CC(=O)N2CCNC2=O)C1=O. The Balaban J connectivity index is 1.71. The maximum absolute atomic E-state index is 12.3. The molecule has 2 heterocycles. The van der Waals surface area contributed by atoms with Crippen molar-refractivity contribution in [3.8, 4) is 0 Å². The van der Waals surface area contributed by atoms with Crippen LogP contribution in [0.2, 0.25) is 0 Å². The van der Waals surface area contributed by atoms with Gasteiger partial charge in [-0.3, -0.25) is 19.4 Å². The summed E-state index contributed by atoms with van der Waals surface area (Å²) in [6.07, 6.45) is 1.80. The molecule has 1 unspecified atom stereocenters. The minimum atomic E-state index is -0.898. The van der Waals surface area contributed by atoms with E-state index in [0.29, 0.717) is 6.54 Å². The fourth-order valence-electron chi connectivity index (χ4n) is 2.73. The number of urea groups is 2. The van der Waals surface area contributed by atoms with E-state index in [0.717, 1.165) is 22.6 Å². The molecule has 8 heteroatoms. The van der Waals surface area contributed by atoms with E-state index in [4.69, 9.17) is 0 Å². The summed E-state index contributed by atoms with van der Waals surface area (Å²) < 4.78 is 0. The van der Waals surface area contributed by atoms with Crippen molar-refractivity contribution in [3.05, 3.63) is 0 Å². The van der Waals surface area contributed by atoms with E-state index in [2.05, 4.69) is 10.6 Å². The van der Waals surface area contributed by atoms with E-state index in [1.54, 1.807) is 6.92 Å². The third kappa shape index (κ3) is 1.83. The van der Waals surface area contributed by atoms with E-state index < -0.39 is 23.5 Å². The van der Waals surface area contributed by atoms with Crippen LogP contribution in [-0.4, -0.2) is 58.8 Å². The lowest BCUT2D eigenvalue weighted by molar-refractivity contribution is -0.137. The van der Waals surface area contributed by atoms with Gasteiger partial charge in [0.25, 0.3) is 11.8 Å². The first kappa shape index (κ1) is 12.9. The molecule has 0 aromatic carbocycles. The molecule has 1 saturated carbocycles. The molecule has 3 fully saturated rings. The van der Waals surface area contributed by atoms with Gasteiger partial charge in [0.15, 0.2) is 0 Å². The van der Waals surface area contributed by atoms with Crippen molar-refractivity contribution in [2.45, 2.75) is 25.3 Å². The lowest BCUT2D eigenvalue weighted by Crippen LogP contribution is -2.47. The van der Waals surface area contributed by atoms with Gasteiger partial charge >= 0.3 is 12.1 Å². The summed E-state index contributed by atoms with van der Waals surface area (Å²) in [5, 5.41) is 5.17. The van der Waals surface area contributed by atoms with Gasteiger partial charge in [-0.2, -0.15) is 0 Å². The molecule has 2 aliphatic heterocycles. The van der Waals surface area contributed by atoms with E-state index in [1.165, 1.54) is 0 Å². The Morgan fingerprint density at radius 2 is 2.00 bits per heavy atom. The summed E-state index contributed by atoms with van der Waals surface area (Å²) >= 11 is 0. The highest BCUT2D eigenvalue weighted by Crippen LogP contribution is 2.42. The first-order chi connectivity index (χ1) is 9.43. The Labute approximate surface area is 115 Å². The van der Waals surface area contributed by atoms with E-state index in [-0.39, 0.29) is 24.9 Å². The number of hydrogen-bond donors (Lipinski definition) is 2. The maximum Gasteiger partial charge on any atom is 0.325 e. The molecule has 0 bridgehead atoms. The van der Waals surface area contributed by atoms with Crippen LogP contribution in [0.3, 0.4) is 0 Å². The molecule has 2 N–H and O–H groups in total. The number of amides is 6. The first-order valence-electron chi connectivity index (χ1n) is 6.66. The molecule has 8 nitrogen and oxygen atoms in total. The average Bonchev–Trinajstić information content (AvgIpc) is 3.13.